The second-order valence-corrected chi connectivity index (χ2v) is 8.10. The summed E-state index contributed by atoms with van der Waals surface area (Å²) in [5.74, 6) is 0.475. The number of nitrogens with one attached hydrogen (secondary N) is 2. The second-order valence-electron chi connectivity index (χ2n) is 7.07. The molecular formula is C22H21N7O2S. The van der Waals surface area contributed by atoms with Gasteiger partial charge in [-0.3, -0.25) is 10.2 Å². The van der Waals surface area contributed by atoms with E-state index in [9.17, 15) is 4.79 Å². The molecule has 0 radical (unpaired) electrons. The minimum absolute atomic E-state index is 0.0385. The number of methoxy groups -OCH3 is 1. The maximum Gasteiger partial charge on any atom is 0.300 e. The van der Waals surface area contributed by atoms with Gasteiger partial charge in [0.2, 0.25) is 0 Å². The van der Waals surface area contributed by atoms with Crippen LogP contribution in [0.1, 0.15) is 40.5 Å². The van der Waals surface area contributed by atoms with Gasteiger partial charge in [-0.05, 0) is 61.0 Å². The van der Waals surface area contributed by atoms with Gasteiger partial charge >= 0.3 is 0 Å². The average Bonchev–Trinajstić information content (AvgIpc) is 3.65. The summed E-state index contributed by atoms with van der Waals surface area (Å²) >= 11 is 0.903. The van der Waals surface area contributed by atoms with Gasteiger partial charge in [0.25, 0.3) is 5.91 Å². The zero-order chi connectivity index (χ0) is 22.5. The van der Waals surface area contributed by atoms with Crippen molar-refractivity contribution < 1.29 is 9.53 Å². The smallest absolute Gasteiger partial charge is 0.300 e. The van der Waals surface area contributed by atoms with Gasteiger partial charge in [0.15, 0.2) is 10.9 Å². The van der Waals surface area contributed by atoms with Crippen molar-refractivity contribution in [3.05, 3.63) is 72.1 Å². The quantitative estimate of drug-likeness (QED) is 0.384. The number of carbonyl (C=O) groups excluding carboxylic acids is 1. The molecule has 2 aromatic heterocycles. The topological polar surface area (TPSA) is 139 Å². The fourth-order valence-electron chi connectivity index (χ4n) is 2.95. The van der Waals surface area contributed by atoms with Crippen LogP contribution in [-0.4, -0.2) is 38.2 Å². The lowest BCUT2D eigenvalue weighted by atomic mass is 10.2. The van der Waals surface area contributed by atoms with Crippen molar-refractivity contribution in [2.75, 3.05) is 12.4 Å². The molecule has 0 saturated heterocycles. The Morgan fingerprint density at radius 3 is 2.56 bits per heavy atom. The summed E-state index contributed by atoms with van der Waals surface area (Å²) in [6, 6.07) is 10.7. The Morgan fingerprint density at radius 2 is 1.91 bits per heavy atom. The molecule has 0 unspecified atom stereocenters. The fraction of sp³-hybridized carbons (Fsp3) is 0.182. The van der Waals surface area contributed by atoms with Crippen molar-refractivity contribution in [1.82, 2.24) is 15.0 Å². The number of nitrogens with two attached hydrogens (primary N) is 1. The number of rotatable bonds is 6. The second kappa shape index (κ2) is 9.56. The Morgan fingerprint density at radius 1 is 1.19 bits per heavy atom. The molecule has 1 saturated carbocycles. The summed E-state index contributed by atoms with van der Waals surface area (Å²) < 4.78 is 5.13. The number of benzene rings is 1. The molecule has 3 aromatic rings. The number of anilines is 2. The minimum Gasteiger partial charge on any atom is -0.497 e. The number of amides is 1. The van der Waals surface area contributed by atoms with Gasteiger partial charge in [-0.1, -0.05) is 0 Å². The van der Waals surface area contributed by atoms with E-state index in [1.54, 1.807) is 49.8 Å². The number of thioether (sulfide) groups is 1. The summed E-state index contributed by atoms with van der Waals surface area (Å²) in [6.07, 6.45) is 6.73. The highest BCUT2D eigenvalue weighted by Gasteiger charge is 2.27. The Bertz CT molecular complexity index is 1160. The van der Waals surface area contributed by atoms with Crippen LogP contribution in [0.2, 0.25) is 0 Å². The predicted octanol–water partition coefficient (Wildman–Crippen LogP) is 3.71. The summed E-state index contributed by atoms with van der Waals surface area (Å²) in [5, 5.41) is 11.5. The van der Waals surface area contributed by atoms with Crippen LogP contribution in [0.4, 0.5) is 11.4 Å². The molecule has 1 aliphatic carbocycles. The van der Waals surface area contributed by atoms with Crippen LogP contribution < -0.4 is 15.8 Å². The van der Waals surface area contributed by atoms with E-state index < -0.39 is 5.91 Å². The molecule has 2 heterocycles. The van der Waals surface area contributed by atoms with Crippen LogP contribution >= 0.6 is 11.8 Å². The lowest BCUT2D eigenvalue weighted by molar-refractivity contribution is 0.0999. The number of ether oxygens (including phenoxy) is 1. The van der Waals surface area contributed by atoms with Crippen LogP contribution in [-0.2, 0) is 0 Å². The van der Waals surface area contributed by atoms with Crippen molar-refractivity contribution in [3.63, 3.8) is 0 Å². The Labute approximate surface area is 189 Å². The van der Waals surface area contributed by atoms with Gasteiger partial charge in [-0.25, -0.2) is 15.0 Å². The zero-order valence-electron chi connectivity index (χ0n) is 17.3. The van der Waals surface area contributed by atoms with Crippen molar-refractivity contribution in [2.45, 2.75) is 18.8 Å². The number of pyridine rings is 1. The highest BCUT2D eigenvalue weighted by molar-refractivity contribution is 8.26. The van der Waals surface area contributed by atoms with Crippen molar-refractivity contribution in [2.24, 2.45) is 10.7 Å². The number of hydrogen-bond acceptors (Lipinski definition) is 8. The normalized spacial score (nSPS) is 13.5. The maximum absolute atomic E-state index is 13.0. The van der Waals surface area contributed by atoms with E-state index in [2.05, 4.69) is 25.3 Å². The minimum atomic E-state index is -0.584. The molecule has 0 bridgehead atoms. The molecule has 4 rings (SSSR count). The molecule has 4 N–H and O–H groups in total. The fourth-order valence-corrected chi connectivity index (χ4v) is 3.54. The SMILES string of the molecule is COc1ccc(C(=N)SC(N)=NC(=O)c2nc(C3CC3)ccc2Nc2cncnc2)cc1. The van der Waals surface area contributed by atoms with E-state index in [-0.39, 0.29) is 15.9 Å². The van der Waals surface area contributed by atoms with Gasteiger partial charge in [0.05, 0.1) is 30.9 Å². The Kier molecular flexibility index (Phi) is 6.41. The van der Waals surface area contributed by atoms with Crippen molar-refractivity contribution >= 4 is 39.3 Å². The van der Waals surface area contributed by atoms with Gasteiger partial charge in [-0.15, -0.1) is 0 Å². The maximum atomic E-state index is 13.0. The van der Waals surface area contributed by atoms with Crippen LogP contribution in [0.3, 0.4) is 0 Å². The molecule has 0 atom stereocenters. The number of carbonyl (C=O) groups is 1. The van der Waals surface area contributed by atoms with Crippen LogP contribution in [0.5, 0.6) is 5.75 Å². The van der Waals surface area contributed by atoms with Gasteiger partial charge < -0.3 is 15.8 Å². The third-order valence-corrected chi connectivity index (χ3v) is 5.47. The molecule has 0 aliphatic heterocycles. The summed E-state index contributed by atoms with van der Waals surface area (Å²) in [6.45, 7) is 0. The highest BCUT2D eigenvalue weighted by atomic mass is 32.2. The number of aliphatic imine (C=N–C) groups is 1. The third kappa shape index (κ3) is 5.27. The molecule has 0 spiro atoms. The van der Waals surface area contributed by atoms with Gasteiger partial charge in [0.1, 0.15) is 17.1 Å². The molecular weight excluding hydrogens is 426 g/mol. The predicted molar refractivity (Wildman–Crippen MR) is 125 cm³/mol. The Balaban J connectivity index is 1.54. The van der Waals surface area contributed by atoms with Gasteiger partial charge in [0, 0.05) is 17.2 Å². The molecule has 1 aromatic carbocycles. The first kappa shape index (κ1) is 21.4. The summed E-state index contributed by atoms with van der Waals surface area (Å²) in [5.41, 5.74) is 8.75. The first-order valence-electron chi connectivity index (χ1n) is 9.86. The molecule has 1 fully saturated rings. The largest absolute Gasteiger partial charge is 0.497 e. The molecule has 32 heavy (non-hydrogen) atoms. The lowest BCUT2D eigenvalue weighted by Crippen LogP contribution is -2.15. The van der Waals surface area contributed by atoms with Crippen LogP contribution in [0, 0.1) is 5.41 Å². The molecule has 1 aliphatic rings. The first-order chi connectivity index (χ1) is 15.5. The standard InChI is InChI=1S/C22H21N7O2S/c1-31-16-6-4-14(5-7-16)20(23)32-22(24)29-21(30)19-18(27-15-10-25-12-26-11-15)9-8-17(28-19)13-2-3-13/h4-13,23,27H,2-3H2,1H3,(H2,24,29,30). The monoisotopic (exact) mass is 447 g/mol. The average molecular weight is 448 g/mol. The first-order valence-corrected chi connectivity index (χ1v) is 10.7. The van der Waals surface area contributed by atoms with E-state index in [1.807, 2.05) is 6.07 Å². The van der Waals surface area contributed by atoms with E-state index >= 15 is 0 Å². The highest BCUT2D eigenvalue weighted by Crippen LogP contribution is 2.39. The van der Waals surface area contributed by atoms with E-state index in [4.69, 9.17) is 15.9 Å². The number of amidine groups is 1. The van der Waals surface area contributed by atoms with Crippen LogP contribution in [0.25, 0.3) is 0 Å². The molecule has 10 heteroatoms. The Hall–Kier alpha value is -3.79. The third-order valence-electron chi connectivity index (χ3n) is 4.73. The molecule has 1 amide bonds. The number of nitrogens with zero attached hydrogens (tertiary/aromatic N) is 4. The van der Waals surface area contributed by atoms with Gasteiger partial charge in [-0.2, -0.15) is 4.99 Å². The molecule has 9 nitrogen and oxygen atoms in total. The zero-order valence-corrected chi connectivity index (χ0v) is 18.1. The van der Waals surface area contributed by atoms with E-state index in [0.717, 1.165) is 30.3 Å². The van der Waals surface area contributed by atoms with E-state index in [0.29, 0.717) is 28.6 Å². The van der Waals surface area contributed by atoms with Crippen molar-refractivity contribution in [1.29, 1.82) is 5.41 Å². The van der Waals surface area contributed by atoms with Crippen LogP contribution in [0.15, 0.2) is 60.1 Å². The molecule has 162 valence electrons. The van der Waals surface area contributed by atoms with Crippen molar-refractivity contribution in [3.8, 4) is 5.75 Å². The lowest BCUT2D eigenvalue weighted by Gasteiger charge is -2.11. The summed E-state index contributed by atoms with van der Waals surface area (Å²) in [4.78, 5) is 29.4. The number of hydrogen-bond donors (Lipinski definition) is 3. The summed E-state index contributed by atoms with van der Waals surface area (Å²) in [7, 11) is 1.57. The van der Waals surface area contributed by atoms with E-state index in [1.165, 1.54) is 6.33 Å². The number of aromatic nitrogens is 3.